The van der Waals surface area contributed by atoms with Gasteiger partial charge in [-0.25, -0.2) is 0 Å². The number of rotatable bonds is 0. The Hall–Kier alpha value is -1.20. The standard InChI is InChI=1S/C4F4N2/c5-1-2(6)10-4(8)3(7)9-1/p+2. The normalized spacial score (nSPS) is 10.0. The quantitative estimate of drug-likeness (QED) is 0.466. The molecule has 1 heterocycles. The van der Waals surface area contributed by atoms with Gasteiger partial charge in [0.2, 0.25) is 0 Å². The molecule has 0 aliphatic rings. The fraction of sp³-hybridized carbons (Fsp3) is 0. The molecule has 0 amide bonds. The van der Waals surface area contributed by atoms with Crippen LogP contribution in [0, 0.1) is 23.8 Å². The molecule has 6 heteroatoms. The number of nitrogens with one attached hydrogen (secondary N) is 2. The van der Waals surface area contributed by atoms with Crippen LogP contribution in [0.3, 0.4) is 0 Å². The summed E-state index contributed by atoms with van der Waals surface area (Å²) in [7, 11) is 0. The number of aromatic nitrogens is 2. The first-order chi connectivity index (χ1) is 4.61. The van der Waals surface area contributed by atoms with E-state index >= 15 is 0 Å². The topological polar surface area (TPSA) is 28.3 Å². The van der Waals surface area contributed by atoms with E-state index in [0.717, 1.165) is 0 Å². The van der Waals surface area contributed by atoms with E-state index in [9.17, 15) is 17.6 Å². The second kappa shape index (κ2) is 2.20. The minimum absolute atomic E-state index is 1.19. The Bertz CT molecular complexity index is 211. The van der Waals surface area contributed by atoms with Crippen LogP contribution in [0.25, 0.3) is 0 Å². The predicted octanol–water partition coefficient (Wildman–Crippen LogP) is -0.129. The second-order valence-corrected chi connectivity index (χ2v) is 1.51. The molecule has 0 atom stereocenters. The lowest BCUT2D eigenvalue weighted by molar-refractivity contribution is -0.556. The highest BCUT2D eigenvalue weighted by molar-refractivity contribution is 4.65. The van der Waals surface area contributed by atoms with Gasteiger partial charge in [0.05, 0.1) is 0 Å². The third-order valence-electron chi connectivity index (χ3n) is 0.824. The molecular weight excluding hydrogens is 152 g/mol. The summed E-state index contributed by atoms with van der Waals surface area (Å²) in [5, 5.41) is 0. The van der Waals surface area contributed by atoms with Gasteiger partial charge in [0, 0.05) is 0 Å². The molecule has 1 aromatic heterocycles. The summed E-state index contributed by atoms with van der Waals surface area (Å²) in [4.78, 5) is 2.38. The lowest BCUT2D eigenvalue weighted by atomic mass is 10.7. The largest absolute Gasteiger partial charge is 0.467 e. The highest BCUT2D eigenvalue weighted by Gasteiger charge is 2.26. The average molecular weight is 154 g/mol. The number of H-pyrrole nitrogens is 2. The van der Waals surface area contributed by atoms with Crippen LogP contribution in [0.15, 0.2) is 0 Å². The van der Waals surface area contributed by atoms with Gasteiger partial charge < -0.3 is 0 Å². The van der Waals surface area contributed by atoms with E-state index in [4.69, 9.17) is 0 Å². The molecule has 0 aromatic carbocycles. The Kier molecular flexibility index (Phi) is 1.52. The van der Waals surface area contributed by atoms with E-state index in [1.807, 2.05) is 0 Å². The maximum Gasteiger partial charge on any atom is 0.467 e. The average Bonchev–Trinajstić information content (AvgIpc) is 1.84. The highest BCUT2D eigenvalue weighted by atomic mass is 19.2. The number of hydrogen-bond donors (Lipinski definition) is 0. The van der Waals surface area contributed by atoms with Gasteiger partial charge in [0.25, 0.3) is 0 Å². The smallest absolute Gasteiger partial charge is 0.138 e. The van der Waals surface area contributed by atoms with E-state index in [1.165, 1.54) is 9.97 Å². The minimum atomic E-state index is -1.57. The second-order valence-electron chi connectivity index (χ2n) is 1.51. The van der Waals surface area contributed by atoms with Gasteiger partial charge in [-0.05, 0) is 0 Å². The van der Waals surface area contributed by atoms with Crippen LogP contribution in [0.4, 0.5) is 17.6 Å². The maximum absolute atomic E-state index is 11.9. The Balaban J connectivity index is 3.28. The van der Waals surface area contributed by atoms with Crippen LogP contribution in [0.2, 0.25) is 0 Å². The number of halogens is 4. The van der Waals surface area contributed by atoms with Crippen LogP contribution in [0.5, 0.6) is 0 Å². The van der Waals surface area contributed by atoms with Crippen LogP contribution >= 0.6 is 0 Å². The van der Waals surface area contributed by atoms with Crippen LogP contribution in [0.1, 0.15) is 0 Å². The molecule has 0 saturated carbocycles. The summed E-state index contributed by atoms with van der Waals surface area (Å²) < 4.78 is 47.6. The van der Waals surface area contributed by atoms with E-state index < -0.39 is 23.8 Å². The van der Waals surface area contributed by atoms with Crippen LogP contribution in [-0.2, 0) is 0 Å². The Labute approximate surface area is 52.5 Å². The van der Waals surface area contributed by atoms with Crippen molar-refractivity contribution in [3.8, 4) is 0 Å². The zero-order valence-electron chi connectivity index (χ0n) is 4.51. The maximum atomic E-state index is 11.9. The molecule has 0 saturated heterocycles. The molecule has 2 N–H and O–H groups in total. The van der Waals surface area contributed by atoms with Crippen LogP contribution in [-0.4, -0.2) is 0 Å². The fourth-order valence-electron chi connectivity index (χ4n) is 0.412. The molecule has 0 bridgehead atoms. The molecule has 0 aliphatic carbocycles. The summed E-state index contributed by atoms with van der Waals surface area (Å²) in [6.07, 6.45) is 0. The van der Waals surface area contributed by atoms with Crippen molar-refractivity contribution in [1.82, 2.24) is 0 Å². The summed E-state index contributed by atoms with van der Waals surface area (Å²) in [6.45, 7) is 0. The molecule has 10 heavy (non-hydrogen) atoms. The molecular formula is C4H2F4N2+2. The molecule has 0 spiro atoms. The van der Waals surface area contributed by atoms with Crippen molar-refractivity contribution < 1.29 is 27.5 Å². The van der Waals surface area contributed by atoms with Gasteiger partial charge in [-0.2, -0.15) is 0 Å². The van der Waals surface area contributed by atoms with Gasteiger partial charge in [0.1, 0.15) is 0 Å². The summed E-state index contributed by atoms with van der Waals surface area (Å²) >= 11 is 0. The van der Waals surface area contributed by atoms with Crippen molar-refractivity contribution >= 4 is 0 Å². The molecule has 0 aliphatic heterocycles. The number of aromatic amines is 2. The van der Waals surface area contributed by atoms with Gasteiger partial charge >= 0.3 is 23.8 Å². The third-order valence-corrected chi connectivity index (χ3v) is 0.824. The molecule has 1 rings (SSSR count). The Morgan fingerprint density at radius 1 is 0.600 bits per heavy atom. The van der Waals surface area contributed by atoms with Gasteiger partial charge in [0.15, 0.2) is 0 Å². The molecule has 2 nitrogen and oxygen atoms in total. The predicted molar refractivity (Wildman–Crippen MR) is 19.4 cm³/mol. The first-order valence-electron chi connectivity index (χ1n) is 2.26. The Morgan fingerprint density at radius 2 is 0.800 bits per heavy atom. The van der Waals surface area contributed by atoms with Crippen molar-refractivity contribution in [2.24, 2.45) is 0 Å². The molecule has 1 aromatic rings. The third kappa shape index (κ3) is 1.04. The Morgan fingerprint density at radius 3 is 1.00 bits per heavy atom. The van der Waals surface area contributed by atoms with E-state index in [-0.39, 0.29) is 0 Å². The van der Waals surface area contributed by atoms with Gasteiger partial charge in [-0.15, -0.1) is 27.5 Å². The van der Waals surface area contributed by atoms with Crippen molar-refractivity contribution in [3.63, 3.8) is 0 Å². The van der Waals surface area contributed by atoms with E-state index in [0.29, 0.717) is 0 Å². The van der Waals surface area contributed by atoms with Crippen LogP contribution < -0.4 is 9.97 Å². The minimum Gasteiger partial charge on any atom is -0.138 e. The van der Waals surface area contributed by atoms with E-state index in [2.05, 4.69) is 0 Å². The lowest BCUT2D eigenvalue weighted by Gasteiger charge is -1.77. The summed E-state index contributed by atoms with van der Waals surface area (Å²) in [6, 6.07) is 0. The van der Waals surface area contributed by atoms with Crippen molar-refractivity contribution in [3.05, 3.63) is 23.8 Å². The van der Waals surface area contributed by atoms with Crippen molar-refractivity contribution in [2.75, 3.05) is 0 Å². The molecule has 0 fully saturated rings. The van der Waals surface area contributed by atoms with Gasteiger partial charge in [-0.1, -0.05) is 0 Å². The summed E-state index contributed by atoms with van der Waals surface area (Å²) in [5.74, 6) is -6.28. The van der Waals surface area contributed by atoms with Gasteiger partial charge in [-0.3, -0.25) is 0 Å². The van der Waals surface area contributed by atoms with Crippen molar-refractivity contribution in [2.45, 2.75) is 0 Å². The fourth-order valence-corrected chi connectivity index (χ4v) is 0.412. The molecule has 0 unspecified atom stereocenters. The first-order valence-corrected chi connectivity index (χ1v) is 2.26. The monoisotopic (exact) mass is 154 g/mol. The number of hydrogen-bond acceptors (Lipinski definition) is 0. The van der Waals surface area contributed by atoms with Crippen molar-refractivity contribution in [1.29, 1.82) is 0 Å². The summed E-state index contributed by atoms with van der Waals surface area (Å²) in [5.41, 5.74) is 0. The van der Waals surface area contributed by atoms with E-state index in [1.54, 1.807) is 0 Å². The highest BCUT2D eigenvalue weighted by Crippen LogP contribution is 1.93. The zero-order valence-corrected chi connectivity index (χ0v) is 4.51. The SMILES string of the molecule is Fc1[nH+]c(F)c(F)[nH+]c1F. The molecule has 54 valence electrons. The molecule has 0 radical (unpaired) electrons. The zero-order chi connectivity index (χ0) is 7.72. The lowest BCUT2D eigenvalue weighted by Crippen LogP contribution is -2.31. The first kappa shape index (κ1) is 6.91.